The topological polar surface area (TPSA) is 37.8 Å². The first-order valence-corrected chi connectivity index (χ1v) is 6.34. The molecule has 0 spiro atoms. The Hall–Kier alpha value is -1.42. The number of hydrogen-bond acceptors (Lipinski definition) is 4. The second-order valence-corrected chi connectivity index (χ2v) is 5.02. The van der Waals surface area contributed by atoms with Crippen LogP contribution in [0.3, 0.4) is 0 Å². The third-order valence-electron chi connectivity index (χ3n) is 2.68. The summed E-state index contributed by atoms with van der Waals surface area (Å²) in [5.41, 5.74) is 3.28. The SMILES string of the molecule is Cc1ccc(Nc2nc(C3CC3)cs2)cn1. The van der Waals surface area contributed by atoms with Gasteiger partial charge in [0.1, 0.15) is 0 Å². The van der Waals surface area contributed by atoms with Crippen molar-refractivity contribution in [2.45, 2.75) is 25.7 Å². The van der Waals surface area contributed by atoms with Gasteiger partial charge in [-0.2, -0.15) is 0 Å². The van der Waals surface area contributed by atoms with Crippen LogP contribution in [0.5, 0.6) is 0 Å². The number of nitrogens with one attached hydrogen (secondary N) is 1. The molecular weight excluding hydrogens is 218 g/mol. The lowest BCUT2D eigenvalue weighted by Crippen LogP contribution is -1.91. The standard InChI is InChI=1S/C12H13N3S/c1-8-2-5-10(6-13-8)14-12-15-11(7-16-12)9-3-4-9/h2,5-7,9H,3-4H2,1H3,(H,14,15). The van der Waals surface area contributed by atoms with Gasteiger partial charge in [-0.25, -0.2) is 4.98 Å². The molecule has 16 heavy (non-hydrogen) atoms. The molecule has 1 fully saturated rings. The van der Waals surface area contributed by atoms with Crippen molar-refractivity contribution in [3.63, 3.8) is 0 Å². The van der Waals surface area contributed by atoms with Gasteiger partial charge in [-0.05, 0) is 31.9 Å². The molecule has 0 saturated heterocycles. The molecule has 4 heteroatoms. The van der Waals surface area contributed by atoms with Gasteiger partial charge in [0.15, 0.2) is 5.13 Å². The van der Waals surface area contributed by atoms with Crippen molar-refractivity contribution in [1.29, 1.82) is 0 Å². The molecule has 1 aliphatic carbocycles. The van der Waals surface area contributed by atoms with Gasteiger partial charge in [-0.1, -0.05) is 0 Å². The van der Waals surface area contributed by atoms with E-state index in [0.29, 0.717) is 0 Å². The molecule has 3 nitrogen and oxygen atoms in total. The molecule has 0 aromatic carbocycles. The van der Waals surface area contributed by atoms with Crippen molar-refractivity contribution >= 4 is 22.2 Å². The highest BCUT2D eigenvalue weighted by Crippen LogP contribution is 2.41. The zero-order valence-electron chi connectivity index (χ0n) is 9.10. The van der Waals surface area contributed by atoms with E-state index >= 15 is 0 Å². The van der Waals surface area contributed by atoms with E-state index in [-0.39, 0.29) is 0 Å². The highest BCUT2D eigenvalue weighted by atomic mass is 32.1. The van der Waals surface area contributed by atoms with E-state index in [9.17, 15) is 0 Å². The van der Waals surface area contributed by atoms with Crippen LogP contribution in [0.2, 0.25) is 0 Å². The number of rotatable bonds is 3. The Morgan fingerprint density at radius 3 is 2.94 bits per heavy atom. The fourth-order valence-corrected chi connectivity index (χ4v) is 2.39. The summed E-state index contributed by atoms with van der Waals surface area (Å²) in [6.45, 7) is 1.98. The smallest absolute Gasteiger partial charge is 0.187 e. The van der Waals surface area contributed by atoms with Crippen LogP contribution >= 0.6 is 11.3 Å². The Balaban J connectivity index is 1.75. The third-order valence-corrected chi connectivity index (χ3v) is 3.46. The second kappa shape index (κ2) is 3.87. The normalized spacial score (nSPS) is 15.1. The quantitative estimate of drug-likeness (QED) is 0.879. The predicted molar refractivity (Wildman–Crippen MR) is 66.3 cm³/mol. The van der Waals surface area contributed by atoms with E-state index in [2.05, 4.69) is 20.7 Å². The molecule has 2 aromatic rings. The molecule has 0 aliphatic heterocycles. The summed E-state index contributed by atoms with van der Waals surface area (Å²) in [5, 5.41) is 6.40. The molecule has 2 heterocycles. The van der Waals surface area contributed by atoms with Gasteiger partial charge < -0.3 is 5.32 Å². The van der Waals surface area contributed by atoms with E-state index in [1.54, 1.807) is 11.3 Å². The number of pyridine rings is 1. The zero-order chi connectivity index (χ0) is 11.0. The number of aryl methyl sites for hydroxylation is 1. The number of hydrogen-bond donors (Lipinski definition) is 1. The summed E-state index contributed by atoms with van der Waals surface area (Å²) in [5.74, 6) is 0.725. The third kappa shape index (κ3) is 2.07. The van der Waals surface area contributed by atoms with E-state index in [1.165, 1.54) is 18.5 Å². The van der Waals surface area contributed by atoms with Gasteiger partial charge >= 0.3 is 0 Å². The number of thiazole rings is 1. The van der Waals surface area contributed by atoms with E-state index in [1.807, 2.05) is 25.3 Å². The number of aromatic nitrogens is 2. The fraction of sp³-hybridized carbons (Fsp3) is 0.333. The molecule has 1 N–H and O–H groups in total. The molecule has 0 radical (unpaired) electrons. The van der Waals surface area contributed by atoms with E-state index in [0.717, 1.165) is 22.4 Å². The van der Waals surface area contributed by atoms with Crippen LogP contribution < -0.4 is 5.32 Å². The highest BCUT2D eigenvalue weighted by molar-refractivity contribution is 7.13. The van der Waals surface area contributed by atoms with Crippen LogP contribution in [-0.2, 0) is 0 Å². The van der Waals surface area contributed by atoms with Crippen molar-refractivity contribution in [2.75, 3.05) is 5.32 Å². The molecule has 0 bridgehead atoms. The van der Waals surface area contributed by atoms with Crippen LogP contribution in [0.4, 0.5) is 10.8 Å². The minimum atomic E-state index is 0.725. The summed E-state index contributed by atoms with van der Waals surface area (Å²) < 4.78 is 0. The minimum absolute atomic E-state index is 0.725. The lowest BCUT2D eigenvalue weighted by atomic mass is 10.3. The number of anilines is 2. The highest BCUT2D eigenvalue weighted by Gasteiger charge is 2.25. The van der Waals surface area contributed by atoms with Crippen LogP contribution in [0.25, 0.3) is 0 Å². The average Bonchev–Trinajstić information content (AvgIpc) is 3.04. The van der Waals surface area contributed by atoms with Crippen LogP contribution in [0.15, 0.2) is 23.7 Å². The van der Waals surface area contributed by atoms with Crippen molar-refractivity contribution < 1.29 is 0 Å². The van der Waals surface area contributed by atoms with Crippen molar-refractivity contribution in [2.24, 2.45) is 0 Å². The maximum Gasteiger partial charge on any atom is 0.187 e. The fourth-order valence-electron chi connectivity index (χ4n) is 1.58. The van der Waals surface area contributed by atoms with Gasteiger partial charge in [0.05, 0.1) is 17.6 Å². The van der Waals surface area contributed by atoms with Gasteiger partial charge in [-0.15, -0.1) is 11.3 Å². The summed E-state index contributed by atoms with van der Waals surface area (Å²) >= 11 is 1.67. The first-order valence-electron chi connectivity index (χ1n) is 5.46. The largest absolute Gasteiger partial charge is 0.330 e. The van der Waals surface area contributed by atoms with Crippen molar-refractivity contribution in [3.05, 3.63) is 35.1 Å². The van der Waals surface area contributed by atoms with Crippen molar-refractivity contribution in [1.82, 2.24) is 9.97 Å². The molecule has 2 aromatic heterocycles. The summed E-state index contributed by atoms with van der Waals surface area (Å²) in [4.78, 5) is 8.81. The Kier molecular flexibility index (Phi) is 2.36. The van der Waals surface area contributed by atoms with Gasteiger partial charge in [0.25, 0.3) is 0 Å². The second-order valence-electron chi connectivity index (χ2n) is 4.17. The Bertz CT molecular complexity index is 485. The van der Waals surface area contributed by atoms with Crippen LogP contribution in [0, 0.1) is 6.92 Å². The van der Waals surface area contributed by atoms with Gasteiger partial charge in [0, 0.05) is 17.0 Å². The van der Waals surface area contributed by atoms with Crippen LogP contribution in [0.1, 0.15) is 30.1 Å². The Morgan fingerprint density at radius 2 is 2.25 bits per heavy atom. The first kappa shape index (κ1) is 9.78. The maximum absolute atomic E-state index is 4.57. The summed E-state index contributed by atoms with van der Waals surface area (Å²) in [6, 6.07) is 4.03. The average molecular weight is 231 g/mol. The summed E-state index contributed by atoms with van der Waals surface area (Å²) in [6.07, 6.45) is 4.44. The maximum atomic E-state index is 4.57. The minimum Gasteiger partial charge on any atom is -0.330 e. The predicted octanol–water partition coefficient (Wildman–Crippen LogP) is 3.47. The van der Waals surface area contributed by atoms with Gasteiger partial charge in [-0.3, -0.25) is 4.98 Å². The number of nitrogens with zero attached hydrogens (tertiary/aromatic N) is 2. The molecule has 82 valence electrons. The van der Waals surface area contributed by atoms with Gasteiger partial charge in [0.2, 0.25) is 0 Å². The Morgan fingerprint density at radius 1 is 1.38 bits per heavy atom. The van der Waals surface area contributed by atoms with Crippen LogP contribution in [-0.4, -0.2) is 9.97 Å². The molecule has 0 amide bonds. The first-order chi connectivity index (χ1) is 7.81. The summed E-state index contributed by atoms with van der Waals surface area (Å²) in [7, 11) is 0. The molecule has 0 atom stereocenters. The molecule has 1 saturated carbocycles. The molecule has 0 unspecified atom stereocenters. The van der Waals surface area contributed by atoms with E-state index in [4.69, 9.17) is 0 Å². The lowest BCUT2D eigenvalue weighted by Gasteiger charge is -2.01. The molecule has 1 aliphatic rings. The molecule has 3 rings (SSSR count). The zero-order valence-corrected chi connectivity index (χ0v) is 9.92. The lowest BCUT2D eigenvalue weighted by molar-refractivity contribution is 1.05. The Labute approximate surface area is 98.6 Å². The molecular formula is C12H13N3S. The van der Waals surface area contributed by atoms with E-state index < -0.39 is 0 Å². The van der Waals surface area contributed by atoms with Crippen molar-refractivity contribution in [3.8, 4) is 0 Å². The monoisotopic (exact) mass is 231 g/mol.